The van der Waals surface area contributed by atoms with Crippen molar-refractivity contribution in [2.24, 2.45) is 0 Å². The molecule has 24 heavy (non-hydrogen) atoms. The number of rotatable bonds is 6. The third-order valence-corrected chi connectivity index (χ3v) is 4.76. The maximum absolute atomic E-state index is 11.4. The molecule has 0 heterocycles. The first-order valence-corrected chi connectivity index (χ1v) is 9.64. The molecular formula is C14H16O8S2. The van der Waals surface area contributed by atoms with Crippen molar-refractivity contribution in [3.63, 3.8) is 0 Å². The molecule has 2 aromatic rings. The van der Waals surface area contributed by atoms with Crippen molar-refractivity contribution in [3.05, 3.63) is 35.4 Å². The fraction of sp³-hybridized carbons (Fsp3) is 0.286. The largest absolute Gasteiger partial charge is 0.507 e. The van der Waals surface area contributed by atoms with Gasteiger partial charge in [0.05, 0.1) is 11.5 Å². The molecule has 0 unspecified atom stereocenters. The number of phenols is 1. The number of phenolic OH excluding ortho intramolecular Hbond substituents is 1. The third-order valence-electron chi connectivity index (χ3n) is 3.47. The highest BCUT2D eigenvalue weighted by molar-refractivity contribution is 7.85. The molecule has 0 spiro atoms. The minimum absolute atomic E-state index is 0.0277. The van der Waals surface area contributed by atoms with Crippen molar-refractivity contribution in [1.29, 1.82) is 0 Å². The van der Waals surface area contributed by atoms with E-state index in [0.717, 1.165) is 0 Å². The highest BCUT2D eigenvalue weighted by atomic mass is 32.3. The summed E-state index contributed by atoms with van der Waals surface area (Å²) in [4.78, 5) is -0.330. The first-order valence-electron chi connectivity index (χ1n) is 6.83. The van der Waals surface area contributed by atoms with Gasteiger partial charge in [0.1, 0.15) is 5.75 Å². The summed E-state index contributed by atoms with van der Waals surface area (Å²) in [6, 6.07) is 5.67. The average molecular weight is 376 g/mol. The van der Waals surface area contributed by atoms with Gasteiger partial charge in [-0.25, -0.2) is 4.18 Å². The maximum Gasteiger partial charge on any atom is 0.397 e. The number of aryl methyl sites for hydroxylation is 2. The van der Waals surface area contributed by atoms with Gasteiger partial charge in [-0.3, -0.25) is 9.11 Å². The van der Waals surface area contributed by atoms with Crippen molar-refractivity contribution in [1.82, 2.24) is 0 Å². The molecule has 0 aliphatic heterocycles. The summed E-state index contributed by atoms with van der Waals surface area (Å²) in [6.07, 6.45) is 0.295. The van der Waals surface area contributed by atoms with E-state index in [1.165, 1.54) is 12.1 Å². The Labute approximate surface area is 139 Å². The summed E-state index contributed by atoms with van der Waals surface area (Å²) in [5.41, 5.74) is 0.984. The Bertz CT molecular complexity index is 977. The lowest BCUT2D eigenvalue weighted by atomic mass is 9.98. The standard InChI is InChI=1S/C14H16O8S2/c1-9-4-5-11-8-12(23(16,17)18)7-10(13(11)14(9)15)3-2-6-22-24(19,20)21/h4-5,7-8,15H,2-3,6H2,1H3,(H,16,17,18)(H,19,20,21). The van der Waals surface area contributed by atoms with E-state index in [1.807, 2.05) is 0 Å². The summed E-state index contributed by atoms with van der Waals surface area (Å²) in [5.74, 6) is -0.0277. The van der Waals surface area contributed by atoms with Gasteiger partial charge in [-0.1, -0.05) is 12.1 Å². The van der Waals surface area contributed by atoms with Crippen LogP contribution in [0.1, 0.15) is 17.5 Å². The Morgan fingerprint density at radius 1 is 1.08 bits per heavy atom. The third kappa shape index (κ3) is 4.42. The molecule has 0 bridgehead atoms. The monoisotopic (exact) mass is 376 g/mol. The van der Waals surface area contributed by atoms with Crippen LogP contribution in [0.25, 0.3) is 10.8 Å². The van der Waals surface area contributed by atoms with Crippen LogP contribution in [0.5, 0.6) is 5.75 Å². The van der Waals surface area contributed by atoms with Crippen LogP contribution < -0.4 is 0 Å². The van der Waals surface area contributed by atoms with Gasteiger partial charge in [0, 0.05) is 5.39 Å². The smallest absolute Gasteiger partial charge is 0.397 e. The van der Waals surface area contributed by atoms with Gasteiger partial charge >= 0.3 is 10.4 Å². The van der Waals surface area contributed by atoms with Gasteiger partial charge in [0.15, 0.2) is 0 Å². The SMILES string of the molecule is Cc1ccc2cc(S(=O)(=O)O)cc(CCCOS(=O)(=O)O)c2c1O. The minimum Gasteiger partial charge on any atom is -0.507 e. The molecule has 0 saturated heterocycles. The Kier molecular flexibility index (Phi) is 5.16. The number of fused-ring (bicyclic) bond motifs is 1. The number of hydrogen-bond donors (Lipinski definition) is 3. The highest BCUT2D eigenvalue weighted by Crippen LogP contribution is 2.34. The minimum atomic E-state index is -4.55. The van der Waals surface area contributed by atoms with E-state index in [4.69, 9.17) is 4.55 Å². The van der Waals surface area contributed by atoms with Crippen LogP contribution in [0.2, 0.25) is 0 Å². The zero-order valence-corrected chi connectivity index (χ0v) is 14.3. The fourth-order valence-electron chi connectivity index (χ4n) is 2.38. The van der Waals surface area contributed by atoms with E-state index in [-0.39, 0.29) is 30.1 Å². The second-order valence-electron chi connectivity index (χ2n) is 5.24. The summed E-state index contributed by atoms with van der Waals surface area (Å²) < 4.78 is 65.8. The van der Waals surface area contributed by atoms with Gasteiger partial charge in [-0.05, 0) is 48.4 Å². The molecular weight excluding hydrogens is 360 g/mol. The van der Waals surface area contributed by atoms with Crippen LogP contribution >= 0.6 is 0 Å². The van der Waals surface area contributed by atoms with E-state index in [2.05, 4.69) is 4.18 Å². The van der Waals surface area contributed by atoms with E-state index in [1.54, 1.807) is 19.1 Å². The van der Waals surface area contributed by atoms with E-state index in [9.17, 15) is 26.5 Å². The maximum atomic E-state index is 11.4. The summed E-state index contributed by atoms with van der Waals surface area (Å²) in [5, 5.41) is 11.1. The molecule has 10 heteroatoms. The Morgan fingerprint density at radius 2 is 1.75 bits per heavy atom. The lowest BCUT2D eigenvalue weighted by Gasteiger charge is -2.12. The summed E-state index contributed by atoms with van der Waals surface area (Å²) >= 11 is 0. The van der Waals surface area contributed by atoms with Crippen molar-refractivity contribution < 1.29 is 35.2 Å². The molecule has 0 aromatic heterocycles. The average Bonchev–Trinajstić information content (AvgIpc) is 2.45. The normalized spacial score (nSPS) is 12.6. The summed E-state index contributed by atoms with van der Waals surface area (Å²) in [6.45, 7) is 1.36. The van der Waals surface area contributed by atoms with E-state index in [0.29, 0.717) is 21.9 Å². The summed E-state index contributed by atoms with van der Waals surface area (Å²) in [7, 11) is -8.99. The first kappa shape index (κ1) is 18.6. The van der Waals surface area contributed by atoms with E-state index < -0.39 is 20.5 Å². The fourth-order valence-corrected chi connectivity index (χ4v) is 3.28. The first-order chi connectivity index (χ1) is 11.0. The zero-order valence-electron chi connectivity index (χ0n) is 12.6. The van der Waals surface area contributed by atoms with Gasteiger partial charge in [-0.2, -0.15) is 16.8 Å². The Balaban J connectivity index is 2.46. The predicted octanol–water partition coefficient (Wildman–Crippen LogP) is 1.85. The molecule has 2 aromatic carbocycles. The van der Waals surface area contributed by atoms with Gasteiger partial charge < -0.3 is 5.11 Å². The molecule has 8 nitrogen and oxygen atoms in total. The van der Waals surface area contributed by atoms with Crippen molar-refractivity contribution in [2.45, 2.75) is 24.7 Å². The number of hydrogen-bond acceptors (Lipinski definition) is 6. The van der Waals surface area contributed by atoms with Crippen molar-refractivity contribution >= 4 is 31.3 Å². The predicted molar refractivity (Wildman–Crippen MR) is 86.0 cm³/mol. The highest BCUT2D eigenvalue weighted by Gasteiger charge is 2.16. The molecule has 0 fully saturated rings. The van der Waals surface area contributed by atoms with Crippen LogP contribution in [-0.2, 0) is 31.1 Å². The molecule has 0 aliphatic rings. The molecule has 0 atom stereocenters. The van der Waals surface area contributed by atoms with Gasteiger partial charge in [0.25, 0.3) is 10.1 Å². The topological polar surface area (TPSA) is 138 Å². The lowest BCUT2D eigenvalue weighted by Crippen LogP contribution is -2.06. The van der Waals surface area contributed by atoms with Crippen LogP contribution in [0, 0.1) is 6.92 Å². The molecule has 0 saturated carbocycles. The number of aromatic hydroxyl groups is 1. The van der Waals surface area contributed by atoms with Gasteiger partial charge in [-0.15, -0.1) is 0 Å². The number of benzene rings is 2. The molecule has 132 valence electrons. The van der Waals surface area contributed by atoms with Crippen LogP contribution in [0.4, 0.5) is 0 Å². The molecule has 0 aliphatic carbocycles. The van der Waals surface area contributed by atoms with Gasteiger partial charge in [0.2, 0.25) is 0 Å². The Morgan fingerprint density at radius 3 is 2.33 bits per heavy atom. The van der Waals surface area contributed by atoms with E-state index >= 15 is 0 Å². The van der Waals surface area contributed by atoms with Crippen LogP contribution in [0.3, 0.4) is 0 Å². The zero-order chi connectivity index (χ0) is 18.1. The quantitative estimate of drug-likeness (QED) is 0.513. The second kappa shape index (κ2) is 6.65. The lowest BCUT2D eigenvalue weighted by molar-refractivity contribution is 0.265. The second-order valence-corrected chi connectivity index (χ2v) is 7.75. The van der Waals surface area contributed by atoms with Crippen molar-refractivity contribution in [2.75, 3.05) is 6.61 Å². The molecule has 2 rings (SSSR count). The Hall–Kier alpha value is -1.72. The van der Waals surface area contributed by atoms with Crippen LogP contribution in [-0.4, -0.2) is 37.7 Å². The molecule has 0 radical (unpaired) electrons. The van der Waals surface area contributed by atoms with Crippen molar-refractivity contribution in [3.8, 4) is 5.75 Å². The molecule has 3 N–H and O–H groups in total. The van der Waals surface area contributed by atoms with Crippen LogP contribution in [0.15, 0.2) is 29.2 Å². The molecule has 0 amide bonds.